The maximum atomic E-state index is 12.4. The fourth-order valence-electron chi connectivity index (χ4n) is 2.59. The number of aliphatic hydroxyl groups is 1. The van der Waals surface area contributed by atoms with E-state index in [2.05, 4.69) is 5.32 Å². The van der Waals surface area contributed by atoms with Gasteiger partial charge in [0.05, 0.1) is 5.56 Å². The van der Waals surface area contributed by atoms with E-state index in [0.717, 1.165) is 37.8 Å². The third kappa shape index (κ3) is 3.62. The van der Waals surface area contributed by atoms with Gasteiger partial charge in [-0.15, -0.1) is 0 Å². The van der Waals surface area contributed by atoms with Crippen molar-refractivity contribution in [2.45, 2.75) is 37.9 Å². The lowest BCUT2D eigenvalue weighted by Crippen LogP contribution is -2.34. The molecule has 0 aliphatic heterocycles. The first-order valence-corrected chi connectivity index (χ1v) is 6.55. The van der Waals surface area contributed by atoms with Crippen LogP contribution in [0.4, 0.5) is 18.9 Å². The van der Waals surface area contributed by atoms with Crippen LogP contribution in [0.2, 0.25) is 0 Å². The van der Waals surface area contributed by atoms with E-state index in [1.54, 1.807) is 0 Å². The molecule has 1 aromatic carbocycles. The standard InChI is InChI=1S/C14H18F3NO/c15-14(16,17)11-5-7-12(8-6-11)18-13-4-2-1-3-10(13)9-19/h5-8,10,13,18-19H,1-4,9H2. The predicted octanol–water partition coefficient (Wildman–Crippen LogP) is 3.67. The molecule has 19 heavy (non-hydrogen) atoms. The second kappa shape index (κ2) is 5.82. The molecule has 0 spiro atoms. The fourth-order valence-corrected chi connectivity index (χ4v) is 2.59. The molecule has 0 saturated heterocycles. The maximum absolute atomic E-state index is 12.4. The maximum Gasteiger partial charge on any atom is 0.416 e. The Labute approximate surface area is 110 Å². The predicted molar refractivity (Wildman–Crippen MR) is 67.9 cm³/mol. The summed E-state index contributed by atoms with van der Waals surface area (Å²) < 4.78 is 37.3. The van der Waals surface area contributed by atoms with Gasteiger partial charge in [0.1, 0.15) is 0 Å². The van der Waals surface area contributed by atoms with E-state index < -0.39 is 11.7 Å². The van der Waals surface area contributed by atoms with Crippen LogP contribution in [0.5, 0.6) is 0 Å². The molecule has 2 nitrogen and oxygen atoms in total. The zero-order valence-electron chi connectivity index (χ0n) is 10.6. The topological polar surface area (TPSA) is 32.3 Å². The number of aliphatic hydroxyl groups excluding tert-OH is 1. The smallest absolute Gasteiger partial charge is 0.396 e. The Morgan fingerprint density at radius 1 is 1.11 bits per heavy atom. The van der Waals surface area contributed by atoms with Gasteiger partial charge < -0.3 is 10.4 Å². The Bertz CT molecular complexity index is 402. The van der Waals surface area contributed by atoms with Crippen LogP contribution in [0.3, 0.4) is 0 Å². The van der Waals surface area contributed by atoms with Crippen molar-refractivity contribution >= 4 is 5.69 Å². The highest BCUT2D eigenvalue weighted by Gasteiger charge is 2.30. The summed E-state index contributed by atoms with van der Waals surface area (Å²) in [6.45, 7) is 0.123. The summed E-state index contributed by atoms with van der Waals surface area (Å²) >= 11 is 0. The number of nitrogens with one attached hydrogen (secondary N) is 1. The Balaban J connectivity index is 2.02. The highest BCUT2D eigenvalue weighted by Crippen LogP contribution is 2.31. The molecule has 1 saturated carbocycles. The van der Waals surface area contributed by atoms with Crippen LogP contribution in [-0.4, -0.2) is 17.8 Å². The number of anilines is 1. The quantitative estimate of drug-likeness (QED) is 0.880. The third-order valence-electron chi connectivity index (χ3n) is 3.71. The van der Waals surface area contributed by atoms with Gasteiger partial charge in [-0.3, -0.25) is 0 Å². The normalized spacial score (nSPS) is 24.2. The fraction of sp³-hybridized carbons (Fsp3) is 0.571. The number of alkyl halides is 3. The van der Waals surface area contributed by atoms with Crippen LogP contribution < -0.4 is 5.32 Å². The van der Waals surface area contributed by atoms with E-state index in [9.17, 15) is 18.3 Å². The molecule has 1 aromatic rings. The third-order valence-corrected chi connectivity index (χ3v) is 3.71. The molecule has 2 atom stereocenters. The molecule has 2 N–H and O–H groups in total. The molecular weight excluding hydrogens is 255 g/mol. The average Bonchev–Trinajstić information content (AvgIpc) is 2.39. The van der Waals surface area contributed by atoms with Gasteiger partial charge in [0.15, 0.2) is 0 Å². The average molecular weight is 273 g/mol. The number of benzene rings is 1. The van der Waals surface area contributed by atoms with Crippen LogP contribution in [0, 0.1) is 5.92 Å². The van der Waals surface area contributed by atoms with Crippen molar-refractivity contribution < 1.29 is 18.3 Å². The number of hydrogen-bond acceptors (Lipinski definition) is 2. The van der Waals surface area contributed by atoms with Crippen LogP contribution in [0.15, 0.2) is 24.3 Å². The molecule has 106 valence electrons. The Hall–Kier alpha value is -1.23. The first-order valence-electron chi connectivity index (χ1n) is 6.55. The van der Waals surface area contributed by atoms with E-state index in [1.165, 1.54) is 12.1 Å². The molecule has 0 radical (unpaired) electrons. The molecule has 1 fully saturated rings. The summed E-state index contributed by atoms with van der Waals surface area (Å²) in [7, 11) is 0. The van der Waals surface area contributed by atoms with Gasteiger partial charge in [-0.25, -0.2) is 0 Å². The summed E-state index contributed by atoms with van der Waals surface area (Å²) in [6.07, 6.45) is -0.177. The summed E-state index contributed by atoms with van der Waals surface area (Å²) in [5, 5.41) is 12.5. The highest BCUT2D eigenvalue weighted by atomic mass is 19.4. The summed E-state index contributed by atoms with van der Waals surface area (Å²) in [5.74, 6) is 0.191. The lowest BCUT2D eigenvalue weighted by Gasteiger charge is -2.31. The van der Waals surface area contributed by atoms with E-state index in [0.29, 0.717) is 5.69 Å². The van der Waals surface area contributed by atoms with Crippen molar-refractivity contribution in [3.8, 4) is 0 Å². The zero-order valence-corrected chi connectivity index (χ0v) is 10.6. The Kier molecular flexibility index (Phi) is 4.34. The summed E-state index contributed by atoms with van der Waals surface area (Å²) in [4.78, 5) is 0. The minimum atomic E-state index is -4.29. The molecule has 2 unspecified atom stereocenters. The van der Waals surface area contributed by atoms with Crippen molar-refractivity contribution in [2.24, 2.45) is 5.92 Å². The van der Waals surface area contributed by atoms with E-state index in [4.69, 9.17) is 0 Å². The van der Waals surface area contributed by atoms with E-state index in [-0.39, 0.29) is 18.6 Å². The molecule has 0 bridgehead atoms. The second-order valence-corrected chi connectivity index (χ2v) is 5.05. The van der Waals surface area contributed by atoms with Crippen LogP contribution in [0.25, 0.3) is 0 Å². The molecule has 1 aliphatic rings. The summed E-state index contributed by atoms with van der Waals surface area (Å²) in [5.41, 5.74) is 0.0405. The number of rotatable bonds is 3. The summed E-state index contributed by atoms with van der Waals surface area (Å²) in [6, 6.07) is 5.21. The van der Waals surface area contributed by atoms with E-state index in [1.807, 2.05) is 0 Å². The van der Waals surface area contributed by atoms with Gasteiger partial charge >= 0.3 is 6.18 Å². The van der Waals surface area contributed by atoms with Gasteiger partial charge in [-0.1, -0.05) is 12.8 Å². The Morgan fingerprint density at radius 3 is 2.32 bits per heavy atom. The van der Waals surface area contributed by atoms with Crippen LogP contribution in [0.1, 0.15) is 31.2 Å². The van der Waals surface area contributed by atoms with Gasteiger partial charge in [0.2, 0.25) is 0 Å². The highest BCUT2D eigenvalue weighted by molar-refractivity contribution is 5.46. The van der Waals surface area contributed by atoms with Crippen LogP contribution >= 0.6 is 0 Å². The molecule has 5 heteroatoms. The van der Waals surface area contributed by atoms with Crippen molar-refractivity contribution in [1.82, 2.24) is 0 Å². The van der Waals surface area contributed by atoms with Crippen molar-refractivity contribution in [1.29, 1.82) is 0 Å². The van der Waals surface area contributed by atoms with Crippen molar-refractivity contribution in [3.05, 3.63) is 29.8 Å². The SMILES string of the molecule is OCC1CCCCC1Nc1ccc(C(F)(F)F)cc1. The van der Waals surface area contributed by atoms with E-state index >= 15 is 0 Å². The Morgan fingerprint density at radius 2 is 1.74 bits per heavy atom. The molecule has 0 aromatic heterocycles. The largest absolute Gasteiger partial charge is 0.416 e. The minimum absolute atomic E-state index is 0.123. The van der Waals surface area contributed by atoms with Crippen molar-refractivity contribution in [2.75, 3.05) is 11.9 Å². The first kappa shape index (κ1) is 14.2. The molecule has 0 amide bonds. The minimum Gasteiger partial charge on any atom is -0.396 e. The number of hydrogen-bond donors (Lipinski definition) is 2. The van der Waals surface area contributed by atoms with Gasteiger partial charge in [-0.2, -0.15) is 13.2 Å². The second-order valence-electron chi connectivity index (χ2n) is 5.05. The molecule has 1 aliphatic carbocycles. The first-order chi connectivity index (χ1) is 9.00. The molecule has 0 heterocycles. The zero-order chi connectivity index (χ0) is 13.9. The monoisotopic (exact) mass is 273 g/mol. The van der Waals surface area contributed by atoms with Gasteiger partial charge in [-0.05, 0) is 37.1 Å². The van der Waals surface area contributed by atoms with Crippen molar-refractivity contribution in [3.63, 3.8) is 0 Å². The lowest BCUT2D eigenvalue weighted by molar-refractivity contribution is -0.137. The number of halogens is 3. The molecular formula is C14H18F3NO. The lowest BCUT2D eigenvalue weighted by atomic mass is 9.85. The van der Waals surface area contributed by atoms with Gasteiger partial charge in [0, 0.05) is 24.3 Å². The molecule has 2 rings (SSSR count). The van der Waals surface area contributed by atoms with Gasteiger partial charge in [0.25, 0.3) is 0 Å². The van der Waals surface area contributed by atoms with Crippen LogP contribution in [-0.2, 0) is 6.18 Å².